The molecule has 2 atom stereocenters. The molecule has 0 amide bonds. The number of aromatic nitrogens is 2. The molecule has 114 valence electrons. The van der Waals surface area contributed by atoms with Gasteiger partial charge in [-0.15, -0.1) is 0 Å². The first kappa shape index (κ1) is 14.1. The molecule has 1 aromatic rings. The number of aromatic carboxylic acids is 1. The number of carbonyl (C=O) groups excluding carboxylic acids is 1. The van der Waals surface area contributed by atoms with E-state index in [0.717, 1.165) is 12.8 Å². The first-order valence-corrected chi connectivity index (χ1v) is 7.13. The van der Waals surface area contributed by atoms with E-state index in [0.29, 0.717) is 37.6 Å². The monoisotopic (exact) mass is 294 g/mol. The Morgan fingerprint density at radius 3 is 2.86 bits per heavy atom. The molecule has 7 heteroatoms. The summed E-state index contributed by atoms with van der Waals surface area (Å²) in [5, 5.41) is 9.36. The number of ether oxygens (including phenoxy) is 2. The van der Waals surface area contributed by atoms with Gasteiger partial charge < -0.3 is 19.1 Å². The molecule has 0 bridgehead atoms. The Hall–Kier alpha value is -1.89. The molecule has 2 aliphatic heterocycles. The average Bonchev–Trinajstić information content (AvgIpc) is 3.12. The minimum Gasteiger partial charge on any atom is -0.476 e. The van der Waals surface area contributed by atoms with Crippen molar-refractivity contribution >= 4 is 11.9 Å². The molecule has 3 heterocycles. The van der Waals surface area contributed by atoms with E-state index < -0.39 is 12.0 Å². The van der Waals surface area contributed by atoms with Crippen LogP contribution in [0.2, 0.25) is 0 Å². The first-order chi connectivity index (χ1) is 10.1. The van der Waals surface area contributed by atoms with Crippen LogP contribution in [0.25, 0.3) is 0 Å². The maximum absolute atomic E-state index is 12.0. The van der Waals surface area contributed by atoms with Crippen molar-refractivity contribution in [3.05, 3.63) is 17.2 Å². The Morgan fingerprint density at radius 1 is 1.43 bits per heavy atom. The second-order valence-electron chi connectivity index (χ2n) is 5.43. The number of nitrogens with zero attached hydrogens (tertiary/aromatic N) is 2. The van der Waals surface area contributed by atoms with E-state index in [-0.39, 0.29) is 17.6 Å². The van der Waals surface area contributed by atoms with Gasteiger partial charge in [-0.05, 0) is 25.7 Å². The molecule has 2 aliphatic rings. The van der Waals surface area contributed by atoms with Gasteiger partial charge in [0.2, 0.25) is 0 Å². The summed E-state index contributed by atoms with van der Waals surface area (Å²) in [5.41, 5.74) is 0.691. The van der Waals surface area contributed by atoms with E-state index in [9.17, 15) is 14.7 Å². The lowest BCUT2D eigenvalue weighted by atomic mass is 10.00. The van der Waals surface area contributed by atoms with Crippen molar-refractivity contribution in [2.45, 2.75) is 37.6 Å². The third kappa shape index (κ3) is 2.31. The number of hydrogen-bond acceptors (Lipinski definition) is 5. The van der Waals surface area contributed by atoms with Crippen LogP contribution in [0.1, 0.15) is 53.2 Å². The highest BCUT2D eigenvalue weighted by molar-refractivity contribution is 5.87. The van der Waals surface area contributed by atoms with Crippen LogP contribution in [0.4, 0.5) is 0 Å². The van der Waals surface area contributed by atoms with Gasteiger partial charge in [0.15, 0.2) is 5.69 Å². The van der Waals surface area contributed by atoms with E-state index in [1.807, 2.05) is 0 Å². The van der Waals surface area contributed by atoms with Gasteiger partial charge in [-0.1, -0.05) is 0 Å². The summed E-state index contributed by atoms with van der Waals surface area (Å²) in [6, 6.07) is -0.477. The molecule has 2 unspecified atom stereocenters. The van der Waals surface area contributed by atoms with Crippen molar-refractivity contribution < 1.29 is 24.2 Å². The highest BCUT2D eigenvalue weighted by Crippen LogP contribution is 2.35. The Kier molecular flexibility index (Phi) is 3.67. The zero-order valence-electron chi connectivity index (χ0n) is 11.9. The maximum atomic E-state index is 12.0. The zero-order valence-corrected chi connectivity index (χ0v) is 11.9. The van der Waals surface area contributed by atoms with Crippen molar-refractivity contribution in [3.63, 3.8) is 0 Å². The SMILES string of the molecule is COC(=O)C1CCCc2c(C(=O)O)nc(C3CCOC3)n21. The molecule has 0 spiro atoms. The Labute approximate surface area is 121 Å². The Morgan fingerprint density at radius 2 is 2.24 bits per heavy atom. The van der Waals surface area contributed by atoms with Crippen LogP contribution in [-0.4, -0.2) is 46.9 Å². The second kappa shape index (κ2) is 5.48. The van der Waals surface area contributed by atoms with E-state index in [2.05, 4.69) is 4.98 Å². The van der Waals surface area contributed by atoms with Crippen molar-refractivity contribution in [2.75, 3.05) is 20.3 Å². The molecule has 1 aromatic heterocycles. The summed E-state index contributed by atoms with van der Waals surface area (Å²) in [5.74, 6) is -0.697. The maximum Gasteiger partial charge on any atom is 0.356 e. The van der Waals surface area contributed by atoms with Crippen LogP contribution in [0, 0.1) is 0 Å². The third-order valence-corrected chi connectivity index (χ3v) is 4.21. The van der Waals surface area contributed by atoms with Gasteiger partial charge in [0.1, 0.15) is 11.9 Å². The normalized spacial score (nSPS) is 24.6. The molecule has 1 saturated heterocycles. The largest absolute Gasteiger partial charge is 0.476 e. The number of rotatable bonds is 3. The van der Waals surface area contributed by atoms with Gasteiger partial charge in [-0.3, -0.25) is 0 Å². The predicted molar refractivity (Wildman–Crippen MR) is 71.4 cm³/mol. The highest BCUT2D eigenvalue weighted by atomic mass is 16.5. The smallest absolute Gasteiger partial charge is 0.356 e. The van der Waals surface area contributed by atoms with Crippen molar-refractivity contribution in [2.24, 2.45) is 0 Å². The van der Waals surface area contributed by atoms with Crippen LogP contribution in [0.3, 0.4) is 0 Å². The quantitative estimate of drug-likeness (QED) is 0.841. The number of fused-ring (bicyclic) bond motifs is 1. The lowest BCUT2D eigenvalue weighted by Gasteiger charge is -2.26. The van der Waals surface area contributed by atoms with Gasteiger partial charge in [0, 0.05) is 12.5 Å². The summed E-state index contributed by atoms with van der Waals surface area (Å²) in [6.07, 6.45) is 2.82. The minimum absolute atomic E-state index is 0.0436. The minimum atomic E-state index is -1.05. The summed E-state index contributed by atoms with van der Waals surface area (Å²) in [6.45, 7) is 1.15. The molecule has 1 N–H and O–H groups in total. The van der Waals surface area contributed by atoms with Crippen LogP contribution in [0.5, 0.6) is 0 Å². The summed E-state index contributed by atoms with van der Waals surface area (Å²) < 4.78 is 12.0. The average molecular weight is 294 g/mol. The molecule has 0 radical (unpaired) electrons. The fraction of sp³-hybridized carbons (Fsp3) is 0.643. The van der Waals surface area contributed by atoms with E-state index in [1.165, 1.54) is 7.11 Å². The lowest BCUT2D eigenvalue weighted by Crippen LogP contribution is -2.29. The van der Waals surface area contributed by atoms with E-state index >= 15 is 0 Å². The van der Waals surface area contributed by atoms with Crippen molar-refractivity contribution in [1.29, 1.82) is 0 Å². The number of imidazole rings is 1. The molecule has 0 aromatic carbocycles. The summed E-state index contributed by atoms with van der Waals surface area (Å²) >= 11 is 0. The van der Waals surface area contributed by atoms with Crippen LogP contribution < -0.4 is 0 Å². The predicted octanol–water partition coefficient (Wildman–Crippen LogP) is 1.14. The number of hydrogen-bond donors (Lipinski definition) is 1. The molecule has 0 saturated carbocycles. The number of methoxy groups -OCH3 is 1. The molecule has 0 aliphatic carbocycles. The standard InChI is InChI=1S/C14H18N2O5/c1-20-14(19)10-4-2-3-9-11(13(17)18)15-12(16(9)10)8-5-6-21-7-8/h8,10H,2-7H2,1H3,(H,17,18). The van der Waals surface area contributed by atoms with Gasteiger partial charge in [0.25, 0.3) is 0 Å². The number of carbonyl (C=O) groups is 2. The Bertz CT molecular complexity index is 574. The van der Waals surface area contributed by atoms with E-state index in [1.54, 1.807) is 4.57 Å². The number of carboxylic acids is 1. The summed E-state index contributed by atoms with van der Waals surface area (Å²) in [4.78, 5) is 27.8. The fourth-order valence-electron chi connectivity index (χ4n) is 3.22. The highest BCUT2D eigenvalue weighted by Gasteiger charge is 2.36. The van der Waals surface area contributed by atoms with Crippen molar-refractivity contribution in [3.8, 4) is 0 Å². The van der Waals surface area contributed by atoms with Crippen molar-refractivity contribution in [1.82, 2.24) is 9.55 Å². The summed E-state index contributed by atoms with van der Waals surface area (Å²) in [7, 11) is 1.35. The zero-order chi connectivity index (χ0) is 15.0. The number of esters is 1. The van der Waals surface area contributed by atoms with Crippen LogP contribution in [-0.2, 0) is 20.7 Å². The van der Waals surface area contributed by atoms with Gasteiger partial charge in [-0.25, -0.2) is 14.6 Å². The second-order valence-corrected chi connectivity index (χ2v) is 5.43. The number of carboxylic acid groups (broad SMARTS) is 1. The molecular formula is C14H18N2O5. The van der Waals surface area contributed by atoms with Gasteiger partial charge in [-0.2, -0.15) is 0 Å². The molecule has 7 nitrogen and oxygen atoms in total. The van der Waals surface area contributed by atoms with Gasteiger partial charge >= 0.3 is 11.9 Å². The Balaban J connectivity index is 2.11. The topological polar surface area (TPSA) is 90.7 Å². The molecule has 21 heavy (non-hydrogen) atoms. The first-order valence-electron chi connectivity index (χ1n) is 7.13. The van der Waals surface area contributed by atoms with Crippen LogP contribution >= 0.6 is 0 Å². The molecule has 3 rings (SSSR count). The van der Waals surface area contributed by atoms with E-state index in [4.69, 9.17) is 9.47 Å². The fourth-order valence-corrected chi connectivity index (χ4v) is 3.22. The molecule has 1 fully saturated rings. The lowest BCUT2D eigenvalue weighted by molar-refractivity contribution is -0.145. The molecular weight excluding hydrogens is 276 g/mol. The van der Waals surface area contributed by atoms with Crippen LogP contribution in [0.15, 0.2) is 0 Å². The van der Waals surface area contributed by atoms with Gasteiger partial charge in [0.05, 0.1) is 19.4 Å². The third-order valence-electron chi connectivity index (χ3n) is 4.21.